The van der Waals surface area contributed by atoms with Crippen molar-refractivity contribution in [3.8, 4) is 0 Å². The molecule has 1 aromatic carbocycles. The molecular formula is C12H19N5. The molecule has 2 rings (SSSR count). The third kappa shape index (κ3) is 2.82. The number of hydrogen-bond donors (Lipinski definition) is 3. The average Bonchev–Trinajstić information content (AvgIpc) is 2.70. The number of hydrogen-bond acceptors (Lipinski definition) is 4. The van der Waals surface area contributed by atoms with Crippen molar-refractivity contribution < 1.29 is 0 Å². The van der Waals surface area contributed by atoms with E-state index in [2.05, 4.69) is 28.5 Å². The van der Waals surface area contributed by atoms with Crippen molar-refractivity contribution in [1.82, 2.24) is 14.9 Å². The zero-order valence-corrected chi connectivity index (χ0v) is 10.1. The SMILES string of the molecule is Cn1cnc2cc(CNCC(N)CN)ccc21. The molecule has 0 bridgehead atoms. The molecule has 0 spiro atoms. The van der Waals surface area contributed by atoms with Gasteiger partial charge in [0, 0.05) is 32.7 Å². The molecule has 5 heteroatoms. The standard InChI is InChI=1S/C12H19N5/c1-17-8-16-11-4-9(2-3-12(11)17)6-15-7-10(14)5-13/h2-4,8,10,15H,5-7,13-14H2,1H3. The van der Waals surface area contributed by atoms with E-state index in [-0.39, 0.29) is 6.04 Å². The lowest BCUT2D eigenvalue weighted by atomic mass is 10.2. The quantitative estimate of drug-likeness (QED) is 0.676. The molecule has 92 valence electrons. The number of nitrogens with two attached hydrogens (primary N) is 2. The normalized spacial score (nSPS) is 13.1. The largest absolute Gasteiger partial charge is 0.334 e. The van der Waals surface area contributed by atoms with Gasteiger partial charge in [0.05, 0.1) is 17.4 Å². The van der Waals surface area contributed by atoms with Gasteiger partial charge in [0.25, 0.3) is 0 Å². The Labute approximate surface area is 101 Å². The van der Waals surface area contributed by atoms with Crippen LogP contribution in [0.1, 0.15) is 5.56 Å². The highest BCUT2D eigenvalue weighted by Crippen LogP contribution is 2.13. The third-order valence-electron chi connectivity index (χ3n) is 2.83. The average molecular weight is 233 g/mol. The Morgan fingerprint density at radius 1 is 1.47 bits per heavy atom. The third-order valence-corrected chi connectivity index (χ3v) is 2.83. The van der Waals surface area contributed by atoms with Gasteiger partial charge in [0.15, 0.2) is 0 Å². The lowest BCUT2D eigenvalue weighted by Gasteiger charge is -2.10. The highest BCUT2D eigenvalue weighted by atomic mass is 15.0. The van der Waals surface area contributed by atoms with E-state index < -0.39 is 0 Å². The molecule has 0 aliphatic carbocycles. The summed E-state index contributed by atoms with van der Waals surface area (Å²) >= 11 is 0. The molecule has 1 aromatic heterocycles. The van der Waals surface area contributed by atoms with Gasteiger partial charge >= 0.3 is 0 Å². The second-order valence-electron chi connectivity index (χ2n) is 4.31. The molecule has 2 aromatic rings. The smallest absolute Gasteiger partial charge is 0.0955 e. The Kier molecular flexibility index (Phi) is 3.73. The number of imidazole rings is 1. The molecule has 0 fully saturated rings. The van der Waals surface area contributed by atoms with Gasteiger partial charge in [-0.25, -0.2) is 4.98 Å². The Hall–Kier alpha value is -1.43. The zero-order valence-electron chi connectivity index (χ0n) is 10.1. The van der Waals surface area contributed by atoms with Crippen LogP contribution in [0, 0.1) is 0 Å². The second kappa shape index (κ2) is 5.27. The molecule has 0 radical (unpaired) electrons. The molecule has 0 saturated heterocycles. The van der Waals surface area contributed by atoms with Crippen molar-refractivity contribution in [1.29, 1.82) is 0 Å². The summed E-state index contributed by atoms with van der Waals surface area (Å²) in [5, 5.41) is 3.28. The maximum atomic E-state index is 5.73. The molecule has 0 amide bonds. The van der Waals surface area contributed by atoms with Gasteiger partial charge in [0.2, 0.25) is 0 Å². The first-order chi connectivity index (χ1) is 8.20. The molecule has 5 nitrogen and oxygen atoms in total. The molecule has 0 aliphatic heterocycles. The van der Waals surface area contributed by atoms with Gasteiger partial charge in [0.1, 0.15) is 0 Å². The molecule has 0 saturated carbocycles. The van der Waals surface area contributed by atoms with E-state index in [1.165, 1.54) is 5.56 Å². The first-order valence-corrected chi connectivity index (χ1v) is 5.77. The molecule has 5 N–H and O–H groups in total. The lowest BCUT2D eigenvalue weighted by Crippen LogP contribution is -2.39. The predicted molar refractivity (Wildman–Crippen MR) is 69.5 cm³/mol. The minimum absolute atomic E-state index is 0.0218. The van der Waals surface area contributed by atoms with Crippen LogP contribution in [-0.4, -0.2) is 28.7 Å². The van der Waals surface area contributed by atoms with Crippen molar-refractivity contribution in [2.24, 2.45) is 18.5 Å². The van der Waals surface area contributed by atoms with Crippen LogP contribution < -0.4 is 16.8 Å². The molecular weight excluding hydrogens is 214 g/mol. The van der Waals surface area contributed by atoms with Crippen LogP contribution in [0.2, 0.25) is 0 Å². The first-order valence-electron chi connectivity index (χ1n) is 5.77. The lowest BCUT2D eigenvalue weighted by molar-refractivity contribution is 0.582. The summed E-state index contributed by atoms with van der Waals surface area (Å²) in [7, 11) is 1.99. The maximum Gasteiger partial charge on any atom is 0.0955 e. The summed E-state index contributed by atoms with van der Waals surface area (Å²) in [6.45, 7) is 2.03. The monoisotopic (exact) mass is 233 g/mol. The predicted octanol–water partition coefficient (Wildman–Crippen LogP) is -0.0511. The fourth-order valence-electron chi connectivity index (χ4n) is 1.78. The van der Waals surface area contributed by atoms with Crippen molar-refractivity contribution in [3.05, 3.63) is 30.1 Å². The van der Waals surface area contributed by atoms with Gasteiger partial charge in [-0.1, -0.05) is 6.07 Å². The van der Waals surface area contributed by atoms with Gasteiger partial charge in [-0.05, 0) is 17.7 Å². The van der Waals surface area contributed by atoms with E-state index in [9.17, 15) is 0 Å². The zero-order chi connectivity index (χ0) is 12.3. The summed E-state index contributed by atoms with van der Waals surface area (Å²) in [6, 6.07) is 6.30. The maximum absolute atomic E-state index is 5.73. The van der Waals surface area contributed by atoms with E-state index in [1.54, 1.807) is 0 Å². The summed E-state index contributed by atoms with van der Waals surface area (Å²) < 4.78 is 2.01. The fraction of sp³-hybridized carbons (Fsp3) is 0.417. The first kappa shape index (κ1) is 12.0. The number of aryl methyl sites for hydroxylation is 1. The van der Waals surface area contributed by atoms with Gasteiger partial charge < -0.3 is 21.4 Å². The van der Waals surface area contributed by atoms with E-state index in [0.29, 0.717) is 6.54 Å². The Morgan fingerprint density at radius 3 is 3.06 bits per heavy atom. The van der Waals surface area contributed by atoms with Crippen LogP contribution >= 0.6 is 0 Å². The van der Waals surface area contributed by atoms with E-state index in [1.807, 2.05) is 17.9 Å². The van der Waals surface area contributed by atoms with Crippen molar-refractivity contribution in [3.63, 3.8) is 0 Å². The second-order valence-corrected chi connectivity index (χ2v) is 4.31. The molecule has 1 unspecified atom stereocenters. The summed E-state index contributed by atoms with van der Waals surface area (Å²) in [5.41, 5.74) is 14.6. The van der Waals surface area contributed by atoms with Crippen LogP contribution in [0.3, 0.4) is 0 Å². The number of rotatable bonds is 5. The van der Waals surface area contributed by atoms with E-state index in [4.69, 9.17) is 11.5 Å². The highest BCUT2D eigenvalue weighted by Gasteiger charge is 2.02. The van der Waals surface area contributed by atoms with Crippen molar-refractivity contribution in [2.75, 3.05) is 13.1 Å². The van der Waals surface area contributed by atoms with E-state index >= 15 is 0 Å². The van der Waals surface area contributed by atoms with Crippen LogP contribution in [0.4, 0.5) is 0 Å². The van der Waals surface area contributed by atoms with Crippen LogP contribution in [-0.2, 0) is 13.6 Å². The number of fused-ring (bicyclic) bond motifs is 1. The van der Waals surface area contributed by atoms with Crippen LogP contribution in [0.5, 0.6) is 0 Å². The van der Waals surface area contributed by atoms with Crippen molar-refractivity contribution >= 4 is 11.0 Å². The fourth-order valence-corrected chi connectivity index (χ4v) is 1.78. The molecule has 17 heavy (non-hydrogen) atoms. The molecule has 1 atom stereocenters. The Morgan fingerprint density at radius 2 is 2.29 bits per heavy atom. The van der Waals surface area contributed by atoms with Crippen LogP contribution in [0.25, 0.3) is 11.0 Å². The Balaban J connectivity index is 1.99. The topological polar surface area (TPSA) is 81.9 Å². The number of nitrogens with one attached hydrogen (secondary N) is 1. The van der Waals surface area contributed by atoms with Crippen LogP contribution in [0.15, 0.2) is 24.5 Å². The number of benzene rings is 1. The summed E-state index contributed by atoms with van der Waals surface area (Å²) in [4.78, 5) is 4.33. The van der Waals surface area contributed by atoms with Gasteiger partial charge in [-0.3, -0.25) is 0 Å². The number of nitrogens with zero attached hydrogens (tertiary/aromatic N) is 2. The minimum atomic E-state index is 0.0218. The van der Waals surface area contributed by atoms with Gasteiger partial charge in [-0.15, -0.1) is 0 Å². The summed E-state index contributed by atoms with van der Waals surface area (Å²) in [5.74, 6) is 0. The summed E-state index contributed by atoms with van der Waals surface area (Å²) in [6.07, 6.45) is 1.83. The molecule has 0 aliphatic rings. The van der Waals surface area contributed by atoms with Crippen molar-refractivity contribution in [2.45, 2.75) is 12.6 Å². The Bertz CT molecular complexity index is 491. The van der Waals surface area contributed by atoms with E-state index in [0.717, 1.165) is 24.1 Å². The highest BCUT2D eigenvalue weighted by molar-refractivity contribution is 5.75. The minimum Gasteiger partial charge on any atom is -0.334 e. The van der Waals surface area contributed by atoms with Gasteiger partial charge in [-0.2, -0.15) is 0 Å². The molecule has 1 heterocycles. The number of aromatic nitrogens is 2.